The maximum absolute atomic E-state index is 8.68. The summed E-state index contributed by atoms with van der Waals surface area (Å²) in [5.41, 5.74) is 3.09. The molecular weight excluding hydrogens is 242 g/mol. The lowest BCUT2D eigenvalue weighted by molar-refractivity contribution is 1.44. The Balaban J connectivity index is 2.33. The van der Waals surface area contributed by atoms with Crippen molar-refractivity contribution in [2.45, 2.75) is 0 Å². The van der Waals surface area contributed by atoms with Gasteiger partial charge in [-0.3, -0.25) is 0 Å². The van der Waals surface area contributed by atoms with Gasteiger partial charge in [0, 0.05) is 17.5 Å². The molecule has 1 heterocycles. The molecule has 0 amide bonds. The first kappa shape index (κ1) is 11.9. The number of para-hydroxylation sites is 1. The lowest BCUT2D eigenvalue weighted by Gasteiger charge is -2.07. The molecule has 0 saturated carbocycles. The number of allylic oxidation sites excluding steroid dienone is 1. The van der Waals surface area contributed by atoms with Gasteiger partial charge >= 0.3 is 0 Å². The van der Waals surface area contributed by atoms with Gasteiger partial charge in [-0.2, -0.15) is 21.9 Å². The zero-order chi connectivity index (χ0) is 12.8. The van der Waals surface area contributed by atoms with Gasteiger partial charge in [0.25, 0.3) is 0 Å². The molecule has 0 aliphatic rings. The number of hydrogen-bond donors (Lipinski definition) is 1. The summed E-state index contributed by atoms with van der Waals surface area (Å²) in [6.07, 6.45) is 1.42. The molecule has 1 aromatic heterocycles. The van der Waals surface area contributed by atoms with Crippen molar-refractivity contribution in [2.75, 3.05) is 5.32 Å². The van der Waals surface area contributed by atoms with Gasteiger partial charge in [-0.25, -0.2) is 0 Å². The van der Waals surface area contributed by atoms with Crippen LogP contribution in [0.25, 0.3) is 11.1 Å². The lowest BCUT2D eigenvalue weighted by atomic mass is 10.1. The standard InChI is InChI=1S/C14H9N3S/c15-7-11(8-16)9-17-14-4-2-1-3-13(14)12-5-6-18-10-12/h1-6,9-10,17H. The fraction of sp³-hybridized carbons (Fsp3) is 0. The van der Waals surface area contributed by atoms with E-state index >= 15 is 0 Å². The van der Waals surface area contributed by atoms with Crippen LogP contribution in [0.5, 0.6) is 0 Å². The zero-order valence-electron chi connectivity index (χ0n) is 9.42. The van der Waals surface area contributed by atoms with Crippen molar-refractivity contribution in [3.05, 3.63) is 52.9 Å². The molecule has 0 spiro atoms. The molecular formula is C14H9N3S. The Hall–Kier alpha value is -2.56. The van der Waals surface area contributed by atoms with E-state index in [4.69, 9.17) is 10.5 Å². The van der Waals surface area contributed by atoms with Gasteiger partial charge in [0.1, 0.15) is 17.7 Å². The fourth-order valence-electron chi connectivity index (χ4n) is 1.52. The number of hydrogen-bond acceptors (Lipinski definition) is 4. The minimum Gasteiger partial charge on any atom is -0.359 e. The van der Waals surface area contributed by atoms with Crippen LogP contribution in [0.15, 0.2) is 52.9 Å². The van der Waals surface area contributed by atoms with E-state index in [2.05, 4.69) is 10.7 Å². The first-order valence-electron chi connectivity index (χ1n) is 5.23. The summed E-state index contributed by atoms with van der Waals surface area (Å²) in [6, 6.07) is 13.4. The predicted molar refractivity (Wildman–Crippen MR) is 72.7 cm³/mol. The molecule has 1 aromatic carbocycles. The molecule has 0 saturated heterocycles. The summed E-state index contributed by atoms with van der Waals surface area (Å²) in [5.74, 6) is 0. The maximum atomic E-state index is 8.68. The van der Waals surface area contributed by atoms with E-state index in [1.165, 1.54) is 6.20 Å². The van der Waals surface area contributed by atoms with Crippen LogP contribution in [0.3, 0.4) is 0 Å². The van der Waals surface area contributed by atoms with E-state index in [9.17, 15) is 0 Å². The summed E-state index contributed by atoms with van der Waals surface area (Å²) < 4.78 is 0. The quantitative estimate of drug-likeness (QED) is 0.845. The SMILES string of the molecule is N#CC(C#N)=CNc1ccccc1-c1ccsc1. The maximum Gasteiger partial charge on any atom is 0.145 e. The number of rotatable bonds is 3. The molecule has 0 radical (unpaired) electrons. The predicted octanol–water partition coefficient (Wildman–Crippen LogP) is 3.76. The van der Waals surface area contributed by atoms with Crippen molar-refractivity contribution < 1.29 is 0 Å². The van der Waals surface area contributed by atoms with E-state index in [1.807, 2.05) is 47.9 Å². The smallest absolute Gasteiger partial charge is 0.145 e. The summed E-state index contributed by atoms with van der Waals surface area (Å²) in [6.45, 7) is 0. The van der Waals surface area contributed by atoms with Crippen LogP contribution in [-0.4, -0.2) is 0 Å². The van der Waals surface area contributed by atoms with Crippen molar-refractivity contribution >= 4 is 17.0 Å². The average molecular weight is 251 g/mol. The highest BCUT2D eigenvalue weighted by Crippen LogP contribution is 2.29. The number of benzene rings is 1. The van der Waals surface area contributed by atoms with Crippen LogP contribution in [0.1, 0.15) is 0 Å². The highest BCUT2D eigenvalue weighted by molar-refractivity contribution is 7.08. The first-order chi connectivity index (χ1) is 8.85. The molecule has 2 aromatic rings. The second-order valence-corrected chi connectivity index (χ2v) is 4.26. The third-order valence-electron chi connectivity index (χ3n) is 2.37. The Morgan fingerprint density at radius 2 is 1.94 bits per heavy atom. The molecule has 86 valence electrons. The molecule has 18 heavy (non-hydrogen) atoms. The van der Waals surface area contributed by atoms with Crippen LogP contribution >= 0.6 is 11.3 Å². The van der Waals surface area contributed by atoms with Crippen LogP contribution in [0.4, 0.5) is 5.69 Å². The van der Waals surface area contributed by atoms with Crippen LogP contribution in [0.2, 0.25) is 0 Å². The van der Waals surface area contributed by atoms with Crippen molar-refractivity contribution in [1.82, 2.24) is 0 Å². The Morgan fingerprint density at radius 1 is 1.17 bits per heavy atom. The second kappa shape index (κ2) is 5.67. The molecule has 0 aliphatic heterocycles. The van der Waals surface area contributed by atoms with E-state index in [0.717, 1.165) is 16.8 Å². The Labute approximate surface area is 109 Å². The molecule has 0 bridgehead atoms. The summed E-state index contributed by atoms with van der Waals surface area (Å²) in [5, 5.41) is 24.4. The Morgan fingerprint density at radius 3 is 2.61 bits per heavy atom. The van der Waals surface area contributed by atoms with Gasteiger partial charge < -0.3 is 5.32 Å². The third-order valence-corrected chi connectivity index (χ3v) is 3.06. The van der Waals surface area contributed by atoms with Crippen molar-refractivity contribution in [2.24, 2.45) is 0 Å². The van der Waals surface area contributed by atoms with Crippen molar-refractivity contribution in [1.29, 1.82) is 10.5 Å². The largest absolute Gasteiger partial charge is 0.359 e. The number of nitrogens with zero attached hydrogens (tertiary/aromatic N) is 2. The minimum atomic E-state index is 0.0510. The molecule has 0 unspecified atom stereocenters. The molecule has 1 N–H and O–H groups in total. The molecule has 2 rings (SSSR count). The van der Waals surface area contributed by atoms with Crippen LogP contribution in [-0.2, 0) is 0 Å². The van der Waals surface area contributed by atoms with Gasteiger partial charge in [-0.05, 0) is 28.5 Å². The van der Waals surface area contributed by atoms with Gasteiger partial charge in [-0.15, -0.1) is 0 Å². The summed E-state index contributed by atoms with van der Waals surface area (Å²) in [4.78, 5) is 0. The van der Waals surface area contributed by atoms with E-state index < -0.39 is 0 Å². The van der Waals surface area contributed by atoms with Gasteiger partial charge in [0.15, 0.2) is 0 Å². The molecule has 4 heteroatoms. The Kier molecular flexibility index (Phi) is 3.76. The second-order valence-electron chi connectivity index (χ2n) is 3.48. The van der Waals surface area contributed by atoms with Gasteiger partial charge in [0.05, 0.1) is 0 Å². The average Bonchev–Trinajstić information content (AvgIpc) is 2.94. The topological polar surface area (TPSA) is 59.6 Å². The lowest BCUT2D eigenvalue weighted by Crippen LogP contribution is -1.92. The van der Waals surface area contributed by atoms with E-state index in [-0.39, 0.29) is 5.57 Å². The monoisotopic (exact) mass is 251 g/mol. The van der Waals surface area contributed by atoms with Gasteiger partial charge in [0.2, 0.25) is 0 Å². The van der Waals surface area contributed by atoms with E-state index in [0.29, 0.717) is 0 Å². The normalized spacial score (nSPS) is 9.00. The molecule has 3 nitrogen and oxygen atoms in total. The zero-order valence-corrected chi connectivity index (χ0v) is 10.2. The minimum absolute atomic E-state index is 0.0510. The van der Waals surface area contributed by atoms with Gasteiger partial charge in [-0.1, -0.05) is 18.2 Å². The number of thiophene rings is 1. The van der Waals surface area contributed by atoms with Crippen molar-refractivity contribution in [3.63, 3.8) is 0 Å². The molecule has 0 aliphatic carbocycles. The summed E-state index contributed by atoms with van der Waals surface area (Å²) >= 11 is 1.63. The third kappa shape index (κ3) is 2.57. The van der Waals surface area contributed by atoms with E-state index in [1.54, 1.807) is 11.3 Å². The summed E-state index contributed by atoms with van der Waals surface area (Å²) in [7, 11) is 0. The van der Waals surface area contributed by atoms with Crippen molar-refractivity contribution in [3.8, 4) is 23.3 Å². The fourth-order valence-corrected chi connectivity index (χ4v) is 2.17. The molecule has 0 atom stereocenters. The number of anilines is 1. The highest BCUT2D eigenvalue weighted by Gasteiger charge is 2.03. The van der Waals surface area contributed by atoms with Crippen LogP contribution in [0, 0.1) is 22.7 Å². The highest BCUT2D eigenvalue weighted by atomic mass is 32.1. The number of nitriles is 2. The van der Waals surface area contributed by atoms with Crippen LogP contribution < -0.4 is 5.32 Å². The number of nitrogens with one attached hydrogen (secondary N) is 1. The molecule has 0 fully saturated rings. The Bertz CT molecular complexity index is 626. The first-order valence-corrected chi connectivity index (χ1v) is 6.18.